The summed E-state index contributed by atoms with van der Waals surface area (Å²) in [5.41, 5.74) is 1.16. The van der Waals surface area contributed by atoms with Crippen LogP contribution in [0.5, 0.6) is 0 Å². The molecule has 0 saturated carbocycles. The number of hydrogen-bond acceptors (Lipinski definition) is 3. The summed E-state index contributed by atoms with van der Waals surface area (Å²) < 4.78 is 17.7. The molecular formula is C16H14FNO3. The van der Waals surface area contributed by atoms with E-state index < -0.39 is 5.97 Å². The lowest BCUT2D eigenvalue weighted by atomic mass is 10.2. The summed E-state index contributed by atoms with van der Waals surface area (Å²) in [4.78, 5) is 23.2. The summed E-state index contributed by atoms with van der Waals surface area (Å²) in [5, 5.41) is 2.47. The molecule has 0 radical (unpaired) electrons. The monoisotopic (exact) mass is 287 g/mol. The number of hydrogen-bond donors (Lipinski definition) is 1. The first-order valence-electron chi connectivity index (χ1n) is 6.38. The van der Waals surface area contributed by atoms with Gasteiger partial charge in [0.05, 0.1) is 0 Å². The van der Waals surface area contributed by atoms with Crippen LogP contribution in [0.3, 0.4) is 0 Å². The Hall–Kier alpha value is -2.69. The van der Waals surface area contributed by atoms with Crippen molar-refractivity contribution < 1.29 is 18.7 Å². The molecule has 0 saturated heterocycles. The number of amides is 1. The van der Waals surface area contributed by atoms with E-state index in [1.165, 1.54) is 24.3 Å². The number of nitrogens with one attached hydrogen (secondary N) is 1. The van der Waals surface area contributed by atoms with Gasteiger partial charge in [0.25, 0.3) is 5.91 Å². The van der Waals surface area contributed by atoms with Crippen LogP contribution in [0, 0.1) is 5.82 Å². The molecule has 0 aliphatic carbocycles. The summed E-state index contributed by atoms with van der Waals surface area (Å²) in [6.07, 6.45) is 0. The molecule has 2 aromatic rings. The predicted molar refractivity (Wildman–Crippen MR) is 75.0 cm³/mol. The van der Waals surface area contributed by atoms with Gasteiger partial charge in [-0.15, -0.1) is 0 Å². The van der Waals surface area contributed by atoms with Gasteiger partial charge in [-0.1, -0.05) is 30.3 Å². The Balaban J connectivity index is 1.75. The summed E-state index contributed by atoms with van der Waals surface area (Å²) in [7, 11) is 0. The molecule has 0 heterocycles. The van der Waals surface area contributed by atoms with Gasteiger partial charge in [-0.25, -0.2) is 4.39 Å². The Kier molecular flexibility index (Phi) is 5.04. The van der Waals surface area contributed by atoms with Crippen molar-refractivity contribution in [2.75, 3.05) is 6.54 Å². The molecule has 4 nitrogen and oxygen atoms in total. The van der Waals surface area contributed by atoms with E-state index in [9.17, 15) is 14.0 Å². The largest absolute Gasteiger partial charge is 0.460 e. The fraction of sp³-hybridized carbons (Fsp3) is 0.125. The first-order valence-corrected chi connectivity index (χ1v) is 6.38. The van der Waals surface area contributed by atoms with Gasteiger partial charge in [0, 0.05) is 5.56 Å². The van der Waals surface area contributed by atoms with Crippen LogP contribution in [-0.4, -0.2) is 18.4 Å². The van der Waals surface area contributed by atoms with Gasteiger partial charge in [0.15, 0.2) is 0 Å². The Labute approximate surface area is 121 Å². The molecule has 0 spiro atoms. The van der Waals surface area contributed by atoms with Crippen molar-refractivity contribution in [3.05, 3.63) is 71.5 Å². The highest BCUT2D eigenvalue weighted by Gasteiger charge is 2.08. The number of carbonyl (C=O) groups is 2. The third-order valence-electron chi connectivity index (χ3n) is 2.74. The molecule has 0 unspecified atom stereocenters. The highest BCUT2D eigenvalue weighted by Crippen LogP contribution is 2.04. The molecule has 5 heteroatoms. The maximum Gasteiger partial charge on any atom is 0.325 e. The van der Waals surface area contributed by atoms with Crippen LogP contribution in [0.4, 0.5) is 4.39 Å². The van der Waals surface area contributed by atoms with E-state index in [0.29, 0.717) is 11.1 Å². The van der Waals surface area contributed by atoms with Gasteiger partial charge in [-0.05, 0) is 29.8 Å². The zero-order valence-electron chi connectivity index (χ0n) is 11.2. The second-order valence-electron chi connectivity index (χ2n) is 4.34. The van der Waals surface area contributed by atoms with Crippen LogP contribution in [0.2, 0.25) is 0 Å². The normalized spacial score (nSPS) is 9.95. The van der Waals surface area contributed by atoms with Gasteiger partial charge >= 0.3 is 5.97 Å². The predicted octanol–water partition coefficient (Wildman–Crippen LogP) is 2.30. The van der Waals surface area contributed by atoms with Crippen LogP contribution in [0.15, 0.2) is 54.6 Å². The molecule has 0 fully saturated rings. The molecule has 0 aliphatic rings. The van der Waals surface area contributed by atoms with Crippen LogP contribution in [-0.2, 0) is 16.1 Å². The van der Waals surface area contributed by atoms with Crippen LogP contribution in [0.1, 0.15) is 15.9 Å². The van der Waals surface area contributed by atoms with Crippen molar-refractivity contribution in [3.63, 3.8) is 0 Å². The third-order valence-corrected chi connectivity index (χ3v) is 2.74. The smallest absolute Gasteiger partial charge is 0.325 e. The average molecular weight is 287 g/mol. The molecule has 2 rings (SSSR count). The SMILES string of the molecule is O=C(CNC(=O)c1ccccc1)OCc1ccc(F)cc1. The first-order chi connectivity index (χ1) is 10.1. The lowest BCUT2D eigenvalue weighted by Crippen LogP contribution is -2.30. The first kappa shape index (κ1) is 14.7. The van der Waals surface area contributed by atoms with Crippen molar-refractivity contribution in [2.45, 2.75) is 6.61 Å². The third kappa shape index (κ3) is 4.72. The molecule has 1 amide bonds. The minimum absolute atomic E-state index is 0.0420. The lowest BCUT2D eigenvalue weighted by molar-refractivity contribution is -0.143. The molecule has 0 aliphatic heterocycles. The van der Waals surface area contributed by atoms with Crippen molar-refractivity contribution in [2.24, 2.45) is 0 Å². The van der Waals surface area contributed by atoms with E-state index in [4.69, 9.17) is 4.74 Å². The molecule has 0 aromatic heterocycles. The van der Waals surface area contributed by atoms with Crippen molar-refractivity contribution in [1.82, 2.24) is 5.32 Å². The van der Waals surface area contributed by atoms with Crippen LogP contribution >= 0.6 is 0 Å². The molecule has 0 bridgehead atoms. The quantitative estimate of drug-likeness (QED) is 0.858. The second-order valence-corrected chi connectivity index (χ2v) is 4.34. The molecule has 1 N–H and O–H groups in total. The molecule has 21 heavy (non-hydrogen) atoms. The lowest BCUT2D eigenvalue weighted by Gasteiger charge is -2.06. The van der Waals surface area contributed by atoms with E-state index in [-0.39, 0.29) is 24.9 Å². The highest BCUT2D eigenvalue weighted by molar-refractivity contribution is 5.95. The summed E-state index contributed by atoms with van der Waals surface area (Å²) >= 11 is 0. The van der Waals surface area contributed by atoms with Gasteiger partial charge in [-0.2, -0.15) is 0 Å². The van der Waals surface area contributed by atoms with Gasteiger partial charge in [0.1, 0.15) is 19.0 Å². The number of rotatable bonds is 5. The zero-order valence-corrected chi connectivity index (χ0v) is 11.2. The Morgan fingerprint density at radius 3 is 2.33 bits per heavy atom. The summed E-state index contributed by atoms with van der Waals surface area (Å²) in [5.74, 6) is -1.24. The summed E-state index contributed by atoms with van der Waals surface area (Å²) in [6, 6.07) is 14.2. The highest BCUT2D eigenvalue weighted by atomic mass is 19.1. The van der Waals surface area contributed by atoms with Gasteiger partial charge < -0.3 is 10.1 Å². The van der Waals surface area contributed by atoms with E-state index in [0.717, 1.165) is 0 Å². The minimum Gasteiger partial charge on any atom is -0.460 e. The summed E-state index contributed by atoms with van der Waals surface area (Å²) in [6.45, 7) is -0.171. The van der Waals surface area contributed by atoms with Gasteiger partial charge in [0.2, 0.25) is 0 Å². The minimum atomic E-state index is -0.552. The molecule has 108 valence electrons. The van der Waals surface area contributed by atoms with E-state index >= 15 is 0 Å². The standard InChI is InChI=1S/C16H14FNO3/c17-14-8-6-12(7-9-14)11-21-15(19)10-18-16(20)13-4-2-1-3-5-13/h1-9H,10-11H2,(H,18,20). The fourth-order valence-corrected chi connectivity index (χ4v) is 1.64. The van der Waals surface area contributed by atoms with E-state index in [2.05, 4.69) is 5.32 Å². The van der Waals surface area contributed by atoms with Crippen LogP contribution < -0.4 is 5.32 Å². The number of halogens is 1. The fourth-order valence-electron chi connectivity index (χ4n) is 1.64. The van der Waals surface area contributed by atoms with Crippen molar-refractivity contribution in [3.8, 4) is 0 Å². The Morgan fingerprint density at radius 1 is 1.00 bits per heavy atom. The average Bonchev–Trinajstić information content (AvgIpc) is 2.53. The number of carbonyl (C=O) groups excluding carboxylic acids is 2. The topological polar surface area (TPSA) is 55.4 Å². The van der Waals surface area contributed by atoms with E-state index in [1.807, 2.05) is 0 Å². The van der Waals surface area contributed by atoms with Crippen LogP contribution in [0.25, 0.3) is 0 Å². The molecule has 0 atom stereocenters. The second kappa shape index (κ2) is 7.19. The molecular weight excluding hydrogens is 273 g/mol. The Morgan fingerprint density at radius 2 is 1.67 bits per heavy atom. The maximum atomic E-state index is 12.7. The number of benzene rings is 2. The van der Waals surface area contributed by atoms with Crippen molar-refractivity contribution >= 4 is 11.9 Å². The Bertz CT molecular complexity index is 611. The van der Waals surface area contributed by atoms with Gasteiger partial charge in [-0.3, -0.25) is 9.59 Å². The van der Waals surface area contributed by atoms with E-state index in [1.54, 1.807) is 30.3 Å². The number of ether oxygens (including phenoxy) is 1. The van der Waals surface area contributed by atoms with Crippen molar-refractivity contribution in [1.29, 1.82) is 0 Å². The molecule has 2 aromatic carbocycles. The maximum absolute atomic E-state index is 12.7. The number of esters is 1. The zero-order chi connectivity index (χ0) is 15.1.